The van der Waals surface area contributed by atoms with Crippen LogP contribution in [0.2, 0.25) is 5.02 Å². The van der Waals surface area contributed by atoms with Gasteiger partial charge in [0, 0.05) is 30.2 Å². The molecule has 0 aliphatic carbocycles. The fourth-order valence-electron chi connectivity index (χ4n) is 3.27. The van der Waals surface area contributed by atoms with E-state index in [0.717, 1.165) is 0 Å². The van der Waals surface area contributed by atoms with Crippen LogP contribution >= 0.6 is 36.4 Å². The Bertz CT molecular complexity index is 786. The van der Waals surface area contributed by atoms with Gasteiger partial charge in [-0.05, 0) is 25.1 Å². The monoisotopic (exact) mass is 467 g/mol. The van der Waals surface area contributed by atoms with Crippen molar-refractivity contribution in [1.82, 2.24) is 10.2 Å². The van der Waals surface area contributed by atoms with Gasteiger partial charge >= 0.3 is 0 Å². The Morgan fingerprint density at radius 2 is 2.21 bits per heavy atom. The van der Waals surface area contributed by atoms with Crippen LogP contribution in [0.4, 0.5) is 4.39 Å². The van der Waals surface area contributed by atoms with Crippen LogP contribution in [0.5, 0.6) is 0 Å². The lowest BCUT2D eigenvalue weighted by molar-refractivity contribution is -0.0346. The van der Waals surface area contributed by atoms with Crippen LogP contribution in [0, 0.1) is 5.82 Å². The lowest BCUT2D eigenvalue weighted by atomic mass is 10.0. The quantitative estimate of drug-likeness (QED) is 0.677. The molecule has 0 radical (unpaired) electrons. The fourth-order valence-corrected chi connectivity index (χ4v) is 3.56. The van der Waals surface area contributed by atoms with E-state index in [1.54, 1.807) is 18.2 Å². The molecule has 1 aromatic carbocycles. The van der Waals surface area contributed by atoms with E-state index < -0.39 is 11.9 Å². The molecule has 2 unspecified atom stereocenters. The number of halogens is 4. The molecule has 1 fully saturated rings. The maximum absolute atomic E-state index is 14.6. The average Bonchev–Trinajstić information content (AvgIpc) is 3.13. The van der Waals surface area contributed by atoms with E-state index in [2.05, 4.69) is 10.2 Å². The maximum Gasteiger partial charge on any atom is 0.254 e. The zero-order chi connectivity index (χ0) is 19.4. The Morgan fingerprint density at radius 1 is 1.45 bits per heavy atom. The Hall–Kier alpha value is -1.35. The first-order valence-corrected chi connectivity index (χ1v) is 9.22. The summed E-state index contributed by atoms with van der Waals surface area (Å²) >= 11 is 6.29. The SMILES string of the molecule is CC1CN(C(CNC(=O)c2coc(CN)c2)c2c(F)cccc2Cl)CCO1.Cl.Cl. The highest BCUT2D eigenvalue weighted by Gasteiger charge is 2.29. The topological polar surface area (TPSA) is 80.7 Å². The number of nitrogens with one attached hydrogen (secondary N) is 1. The van der Waals surface area contributed by atoms with Crippen LogP contribution in [-0.4, -0.2) is 43.2 Å². The summed E-state index contributed by atoms with van der Waals surface area (Å²) in [5.74, 6) is -0.178. The molecular weight excluding hydrogens is 444 g/mol. The van der Waals surface area contributed by atoms with Crippen LogP contribution in [0.25, 0.3) is 0 Å². The predicted molar refractivity (Wildman–Crippen MR) is 115 cm³/mol. The van der Waals surface area contributed by atoms with Gasteiger partial charge in [-0.2, -0.15) is 0 Å². The normalized spacial score (nSPS) is 17.7. The minimum atomic E-state index is -0.408. The number of rotatable bonds is 6. The average molecular weight is 469 g/mol. The lowest BCUT2D eigenvalue weighted by Gasteiger charge is -2.38. The summed E-state index contributed by atoms with van der Waals surface area (Å²) in [4.78, 5) is 14.5. The van der Waals surface area contributed by atoms with Gasteiger partial charge in [-0.15, -0.1) is 24.8 Å². The van der Waals surface area contributed by atoms with Gasteiger partial charge in [0.25, 0.3) is 5.91 Å². The van der Waals surface area contributed by atoms with Crippen molar-refractivity contribution in [3.63, 3.8) is 0 Å². The number of carbonyl (C=O) groups excluding carboxylic acids is 1. The van der Waals surface area contributed by atoms with E-state index in [1.807, 2.05) is 6.92 Å². The second-order valence-electron chi connectivity index (χ2n) is 6.54. The first-order chi connectivity index (χ1) is 13.0. The molecule has 3 N–H and O–H groups in total. The summed E-state index contributed by atoms with van der Waals surface area (Å²) in [7, 11) is 0. The first kappa shape index (κ1) is 25.7. The molecule has 1 aromatic heterocycles. The molecule has 0 saturated carbocycles. The molecule has 2 heterocycles. The summed E-state index contributed by atoms with van der Waals surface area (Å²) in [5, 5.41) is 3.19. The smallest absolute Gasteiger partial charge is 0.254 e. The highest BCUT2D eigenvalue weighted by atomic mass is 35.5. The lowest BCUT2D eigenvalue weighted by Crippen LogP contribution is -2.46. The van der Waals surface area contributed by atoms with Crippen molar-refractivity contribution >= 4 is 42.3 Å². The summed E-state index contributed by atoms with van der Waals surface area (Å²) in [6.45, 7) is 4.17. The number of benzene rings is 1. The molecule has 1 amide bonds. The third-order valence-corrected chi connectivity index (χ3v) is 4.95. The number of furan rings is 1. The minimum Gasteiger partial charge on any atom is -0.467 e. The van der Waals surface area contributed by atoms with Gasteiger partial charge in [-0.3, -0.25) is 9.69 Å². The fraction of sp³-hybridized carbons (Fsp3) is 0.421. The molecule has 1 saturated heterocycles. The number of ether oxygens (including phenoxy) is 1. The Balaban J connectivity index is 0.00000210. The number of amides is 1. The third kappa shape index (κ3) is 6.31. The molecule has 1 aliphatic rings. The molecule has 6 nitrogen and oxygen atoms in total. The Kier molecular flexibility index (Phi) is 10.4. The molecule has 2 aromatic rings. The van der Waals surface area contributed by atoms with Crippen molar-refractivity contribution in [2.45, 2.75) is 25.6 Å². The van der Waals surface area contributed by atoms with Crippen LogP contribution in [0.1, 0.15) is 34.6 Å². The highest BCUT2D eigenvalue weighted by molar-refractivity contribution is 6.31. The van der Waals surface area contributed by atoms with Crippen molar-refractivity contribution in [2.75, 3.05) is 26.2 Å². The standard InChI is InChI=1S/C19H23ClFN3O3.2ClH/c1-12-10-24(5-6-26-12)17(18-15(20)3-2-4-16(18)21)9-23-19(25)13-7-14(8-22)27-11-13;;/h2-4,7,11-12,17H,5-6,8-10,22H2,1H3,(H,23,25);2*1H. The van der Waals surface area contributed by atoms with Crippen molar-refractivity contribution in [2.24, 2.45) is 5.73 Å². The number of hydrogen-bond acceptors (Lipinski definition) is 5. The summed E-state index contributed by atoms with van der Waals surface area (Å²) in [6.07, 6.45) is 1.38. The van der Waals surface area contributed by atoms with E-state index in [0.29, 0.717) is 41.6 Å². The van der Waals surface area contributed by atoms with E-state index in [-0.39, 0.29) is 49.9 Å². The van der Waals surface area contributed by atoms with Gasteiger partial charge in [-0.1, -0.05) is 17.7 Å². The van der Waals surface area contributed by atoms with Crippen molar-refractivity contribution < 1.29 is 18.3 Å². The summed E-state index contributed by atoms with van der Waals surface area (Å²) in [6, 6.07) is 5.79. The second kappa shape index (κ2) is 11.7. The van der Waals surface area contributed by atoms with Crippen LogP contribution in [0.3, 0.4) is 0 Å². The number of hydrogen-bond donors (Lipinski definition) is 2. The van der Waals surface area contributed by atoms with Crippen LogP contribution < -0.4 is 11.1 Å². The number of nitrogens with two attached hydrogens (primary N) is 1. The van der Waals surface area contributed by atoms with Gasteiger partial charge in [0.1, 0.15) is 17.8 Å². The van der Waals surface area contributed by atoms with Crippen molar-refractivity contribution in [1.29, 1.82) is 0 Å². The molecule has 162 valence electrons. The van der Waals surface area contributed by atoms with Gasteiger partial charge in [0.05, 0.1) is 30.9 Å². The van der Waals surface area contributed by atoms with E-state index in [4.69, 9.17) is 26.5 Å². The largest absolute Gasteiger partial charge is 0.467 e. The van der Waals surface area contributed by atoms with Crippen LogP contribution in [-0.2, 0) is 11.3 Å². The maximum atomic E-state index is 14.6. The molecule has 3 rings (SSSR count). The van der Waals surface area contributed by atoms with Gasteiger partial charge in [0.2, 0.25) is 0 Å². The Labute approximate surface area is 186 Å². The molecule has 0 bridgehead atoms. The zero-order valence-corrected chi connectivity index (χ0v) is 18.3. The third-order valence-electron chi connectivity index (χ3n) is 4.62. The van der Waals surface area contributed by atoms with E-state index >= 15 is 0 Å². The summed E-state index contributed by atoms with van der Waals surface area (Å²) < 4.78 is 25.4. The molecule has 10 heteroatoms. The molecule has 0 spiro atoms. The van der Waals surface area contributed by atoms with Crippen LogP contribution in [0.15, 0.2) is 34.9 Å². The zero-order valence-electron chi connectivity index (χ0n) is 15.9. The number of morpholine rings is 1. The van der Waals surface area contributed by atoms with Crippen molar-refractivity contribution in [3.8, 4) is 0 Å². The van der Waals surface area contributed by atoms with E-state index in [1.165, 1.54) is 12.3 Å². The van der Waals surface area contributed by atoms with E-state index in [9.17, 15) is 9.18 Å². The van der Waals surface area contributed by atoms with Gasteiger partial charge in [0.15, 0.2) is 0 Å². The molecule has 29 heavy (non-hydrogen) atoms. The molecule has 2 atom stereocenters. The second-order valence-corrected chi connectivity index (χ2v) is 6.95. The van der Waals surface area contributed by atoms with Gasteiger partial charge < -0.3 is 20.2 Å². The minimum absolute atomic E-state index is 0. The number of nitrogens with zero attached hydrogens (tertiary/aromatic N) is 1. The molecule has 1 aliphatic heterocycles. The number of carbonyl (C=O) groups is 1. The van der Waals surface area contributed by atoms with Crippen molar-refractivity contribution in [3.05, 3.63) is 58.3 Å². The van der Waals surface area contributed by atoms with Gasteiger partial charge in [-0.25, -0.2) is 4.39 Å². The first-order valence-electron chi connectivity index (χ1n) is 8.84. The Morgan fingerprint density at radius 3 is 2.83 bits per heavy atom. The molecular formula is C19H25Cl3FN3O3. The summed E-state index contributed by atoms with van der Waals surface area (Å²) in [5.41, 5.74) is 6.26. The highest BCUT2D eigenvalue weighted by Crippen LogP contribution is 2.31. The predicted octanol–water partition coefficient (Wildman–Crippen LogP) is 3.57.